The van der Waals surface area contributed by atoms with Gasteiger partial charge in [-0.15, -0.1) is 0 Å². The fraction of sp³-hybridized carbons (Fsp3) is 0.143. The highest BCUT2D eigenvalue weighted by Crippen LogP contribution is 2.18. The van der Waals surface area contributed by atoms with Crippen LogP contribution in [0.2, 0.25) is 0 Å². The molecule has 1 radical (unpaired) electrons. The van der Waals surface area contributed by atoms with Gasteiger partial charge in [0.1, 0.15) is 5.75 Å². The van der Waals surface area contributed by atoms with E-state index in [-0.39, 0.29) is 5.75 Å². The maximum Gasteiger partial charge on any atom is 0.387 e. The van der Waals surface area contributed by atoms with Gasteiger partial charge in [0, 0.05) is 4.47 Å². The third kappa shape index (κ3) is 2.84. The number of hydrogen-bond acceptors (Lipinski definition) is 1. The second-order valence-electron chi connectivity index (χ2n) is 1.75. The molecule has 4 heteroatoms. The second-order valence-corrected chi connectivity index (χ2v) is 2.61. The van der Waals surface area contributed by atoms with Crippen molar-refractivity contribution in [3.05, 3.63) is 28.7 Å². The lowest BCUT2D eigenvalue weighted by atomic mass is 10.3. The van der Waals surface area contributed by atoms with Crippen LogP contribution in [0.3, 0.4) is 0 Å². The maximum absolute atomic E-state index is 11.6. The summed E-state index contributed by atoms with van der Waals surface area (Å²) in [6, 6.07) is 7.07. The topological polar surface area (TPSA) is 9.23 Å². The van der Waals surface area contributed by atoms with E-state index in [1.54, 1.807) is 0 Å². The van der Waals surface area contributed by atoms with Crippen LogP contribution in [0.1, 0.15) is 0 Å². The molecular weight excluding hydrogens is 218 g/mol. The summed E-state index contributed by atoms with van der Waals surface area (Å²) in [4.78, 5) is 0. The van der Waals surface area contributed by atoms with E-state index >= 15 is 0 Å². The monoisotopic (exact) mass is 221 g/mol. The van der Waals surface area contributed by atoms with Crippen LogP contribution in [-0.2, 0) is 0 Å². The highest BCUT2D eigenvalue weighted by atomic mass is 79.9. The number of ether oxygens (including phenoxy) is 1. The molecule has 0 aliphatic rings. The number of halogens is 3. The molecular formula is C7H4BrF2O. The van der Waals surface area contributed by atoms with Gasteiger partial charge in [0.05, 0.1) is 0 Å². The Labute approximate surface area is 71.1 Å². The van der Waals surface area contributed by atoms with Crippen molar-refractivity contribution in [2.24, 2.45) is 0 Å². The van der Waals surface area contributed by atoms with Crippen LogP contribution in [0, 0.1) is 6.07 Å². The van der Waals surface area contributed by atoms with E-state index in [1.165, 1.54) is 18.2 Å². The largest absolute Gasteiger partial charge is 0.435 e. The fourth-order valence-corrected chi connectivity index (χ4v) is 0.952. The Balaban J connectivity index is 2.71. The number of rotatable bonds is 2. The second kappa shape index (κ2) is 3.67. The molecule has 0 unspecified atom stereocenters. The first-order valence-electron chi connectivity index (χ1n) is 2.80. The smallest absolute Gasteiger partial charge is 0.387 e. The molecule has 0 saturated heterocycles. The van der Waals surface area contributed by atoms with E-state index in [2.05, 4.69) is 26.7 Å². The highest BCUT2D eigenvalue weighted by Gasteiger charge is 2.02. The van der Waals surface area contributed by atoms with Crippen molar-refractivity contribution >= 4 is 15.9 Å². The van der Waals surface area contributed by atoms with Crippen molar-refractivity contribution in [2.45, 2.75) is 6.61 Å². The first-order chi connectivity index (χ1) is 5.18. The molecule has 0 heterocycles. The van der Waals surface area contributed by atoms with Gasteiger partial charge in [0.25, 0.3) is 0 Å². The van der Waals surface area contributed by atoms with Gasteiger partial charge in [-0.05, 0) is 24.3 Å². The first-order valence-corrected chi connectivity index (χ1v) is 3.60. The lowest BCUT2D eigenvalue weighted by Gasteiger charge is -2.02. The van der Waals surface area contributed by atoms with E-state index in [0.717, 1.165) is 0 Å². The van der Waals surface area contributed by atoms with E-state index in [4.69, 9.17) is 0 Å². The van der Waals surface area contributed by atoms with Crippen molar-refractivity contribution < 1.29 is 13.5 Å². The molecule has 0 bridgehead atoms. The summed E-state index contributed by atoms with van der Waals surface area (Å²) in [6.45, 7) is -2.77. The Morgan fingerprint density at radius 3 is 2.82 bits per heavy atom. The van der Waals surface area contributed by atoms with Gasteiger partial charge in [-0.1, -0.05) is 15.9 Å². The summed E-state index contributed by atoms with van der Waals surface area (Å²) in [5.74, 6) is 0.130. The highest BCUT2D eigenvalue weighted by molar-refractivity contribution is 9.10. The fourth-order valence-electron chi connectivity index (χ4n) is 0.594. The molecule has 0 saturated carbocycles. The molecule has 0 spiro atoms. The van der Waals surface area contributed by atoms with Gasteiger partial charge < -0.3 is 4.74 Å². The standard InChI is InChI=1S/C7H4BrF2O/c8-5-2-1-3-6(4-5)11-7(9)10/h1,3-4,7H. The van der Waals surface area contributed by atoms with Crippen molar-refractivity contribution in [2.75, 3.05) is 0 Å². The van der Waals surface area contributed by atoms with Crippen LogP contribution < -0.4 is 4.74 Å². The molecule has 1 aromatic rings. The normalized spacial score (nSPS) is 10.2. The Kier molecular flexibility index (Phi) is 2.82. The zero-order valence-corrected chi connectivity index (χ0v) is 6.94. The Morgan fingerprint density at radius 2 is 2.27 bits per heavy atom. The predicted molar refractivity (Wildman–Crippen MR) is 39.6 cm³/mol. The maximum atomic E-state index is 11.6. The molecule has 1 rings (SSSR count). The molecule has 59 valence electrons. The molecule has 0 N–H and O–H groups in total. The van der Waals surface area contributed by atoms with Crippen LogP contribution in [0.25, 0.3) is 0 Å². The van der Waals surface area contributed by atoms with Crippen molar-refractivity contribution in [1.29, 1.82) is 0 Å². The molecule has 0 amide bonds. The molecule has 0 aromatic heterocycles. The molecule has 1 nitrogen and oxygen atoms in total. The Bertz CT molecular complexity index is 240. The minimum atomic E-state index is -2.77. The van der Waals surface area contributed by atoms with E-state index in [1.807, 2.05) is 0 Å². The Hall–Kier alpha value is -0.640. The van der Waals surface area contributed by atoms with Crippen LogP contribution in [0.5, 0.6) is 5.75 Å². The summed E-state index contributed by atoms with van der Waals surface area (Å²) in [5.41, 5.74) is 0. The van der Waals surface area contributed by atoms with Crippen LogP contribution >= 0.6 is 15.9 Å². The number of hydrogen-bond donors (Lipinski definition) is 0. The van der Waals surface area contributed by atoms with Gasteiger partial charge in [0.15, 0.2) is 0 Å². The molecule has 0 aliphatic heterocycles. The molecule has 11 heavy (non-hydrogen) atoms. The molecule has 1 aromatic carbocycles. The molecule has 0 atom stereocenters. The lowest BCUT2D eigenvalue weighted by molar-refractivity contribution is -0.0498. The summed E-state index contributed by atoms with van der Waals surface area (Å²) in [5, 5.41) is 0. The summed E-state index contributed by atoms with van der Waals surface area (Å²) < 4.78 is 27.9. The SMILES string of the molecule is FC(F)Oc1cc[c]c(Br)c1. The van der Waals surface area contributed by atoms with Crippen LogP contribution in [-0.4, -0.2) is 6.61 Å². The molecule has 0 aliphatic carbocycles. The predicted octanol–water partition coefficient (Wildman–Crippen LogP) is 2.85. The average molecular weight is 222 g/mol. The van der Waals surface area contributed by atoms with Crippen LogP contribution in [0.15, 0.2) is 22.7 Å². The first kappa shape index (κ1) is 8.46. The number of alkyl halides is 2. The summed E-state index contributed by atoms with van der Waals surface area (Å²) in [7, 11) is 0. The third-order valence-electron chi connectivity index (χ3n) is 0.963. The van der Waals surface area contributed by atoms with Crippen molar-refractivity contribution in [1.82, 2.24) is 0 Å². The van der Waals surface area contributed by atoms with Gasteiger partial charge in [0.2, 0.25) is 0 Å². The van der Waals surface area contributed by atoms with Gasteiger partial charge in [-0.2, -0.15) is 8.78 Å². The van der Waals surface area contributed by atoms with E-state index in [0.29, 0.717) is 4.47 Å². The van der Waals surface area contributed by atoms with Crippen molar-refractivity contribution in [3.63, 3.8) is 0 Å². The van der Waals surface area contributed by atoms with E-state index < -0.39 is 6.61 Å². The minimum Gasteiger partial charge on any atom is -0.435 e. The van der Waals surface area contributed by atoms with Gasteiger partial charge in [-0.25, -0.2) is 0 Å². The van der Waals surface area contributed by atoms with Gasteiger partial charge >= 0.3 is 6.61 Å². The minimum absolute atomic E-state index is 0.130. The summed E-state index contributed by atoms with van der Waals surface area (Å²) in [6.07, 6.45) is 0. The summed E-state index contributed by atoms with van der Waals surface area (Å²) >= 11 is 3.07. The number of benzene rings is 1. The average Bonchev–Trinajstić information content (AvgIpc) is 1.85. The zero-order chi connectivity index (χ0) is 8.27. The van der Waals surface area contributed by atoms with Crippen LogP contribution in [0.4, 0.5) is 8.78 Å². The quantitative estimate of drug-likeness (QED) is 0.747. The zero-order valence-electron chi connectivity index (χ0n) is 5.35. The lowest BCUT2D eigenvalue weighted by Crippen LogP contribution is -2.01. The third-order valence-corrected chi connectivity index (χ3v) is 1.42. The van der Waals surface area contributed by atoms with Gasteiger partial charge in [-0.3, -0.25) is 0 Å². The van der Waals surface area contributed by atoms with Crippen molar-refractivity contribution in [3.8, 4) is 5.75 Å². The van der Waals surface area contributed by atoms with E-state index in [9.17, 15) is 8.78 Å². The Morgan fingerprint density at radius 1 is 1.55 bits per heavy atom. The molecule has 0 fully saturated rings.